The minimum atomic E-state index is 0.131. The van der Waals surface area contributed by atoms with Gasteiger partial charge in [0.1, 0.15) is 23.5 Å². The Hall–Kier alpha value is -1.59. The number of benzene rings is 2. The Morgan fingerprint density at radius 1 is 1.03 bits per heavy atom. The van der Waals surface area contributed by atoms with Crippen LogP contribution in [0.5, 0.6) is 11.5 Å². The van der Waals surface area contributed by atoms with Gasteiger partial charge in [-0.1, -0.05) is 75.8 Å². The van der Waals surface area contributed by atoms with Crippen LogP contribution in [0.15, 0.2) is 52.1 Å². The SMILES string of the molecule is CCON=C(C)c1ccc(CCOc2c(Cl)cc(OCC=C(Cl)Cl)cc2Cl)cc1. The van der Waals surface area contributed by atoms with Crippen molar-refractivity contribution in [3.8, 4) is 11.5 Å². The second-order valence-corrected chi connectivity index (χ2v) is 7.73. The molecule has 8 heteroatoms. The van der Waals surface area contributed by atoms with Crippen LogP contribution in [-0.4, -0.2) is 25.5 Å². The van der Waals surface area contributed by atoms with Gasteiger partial charge in [0.15, 0.2) is 5.75 Å². The van der Waals surface area contributed by atoms with E-state index in [-0.39, 0.29) is 11.1 Å². The Labute approximate surface area is 190 Å². The van der Waals surface area contributed by atoms with Crippen LogP contribution in [-0.2, 0) is 11.3 Å². The van der Waals surface area contributed by atoms with Gasteiger partial charge in [-0.05, 0) is 31.1 Å². The molecule has 0 heterocycles. The van der Waals surface area contributed by atoms with Crippen molar-refractivity contribution in [2.75, 3.05) is 19.8 Å². The topological polar surface area (TPSA) is 40.0 Å². The molecule has 0 atom stereocenters. The molecule has 0 fully saturated rings. The largest absolute Gasteiger partial charge is 0.490 e. The highest BCUT2D eigenvalue weighted by Gasteiger charge is 2.11. The average Bonchev–Trinajstić information content (AvgIpc) is 2.68. The predicted molar refractivity (Wildman–Crippen MR) is 121 cm³/mol. The van der Waals surface area contributed by atoms with E-state index >= 15 is 0 Å². The summed E-state index contributed by atoms with van der Waals surface area (Å²) in [6, 6.07) is 11.3. The van der Waals surface area contributed by atoms with E-state index in [9.17, 15) is 0 Å². The first-order valence-corrected chi connectivity index (χ1v) is 10.4. The van der Waals surface area contributed by atoms with Gasteiger partial charge in [0, 0.05) is 18.6 Å². The van der Waals surface area contributed by atoms with Gasteiger partial charge in [-0.3, -0.25) is 0 Å². The molecule has 0 aliphatic rings. The van der Waals surface area contributed by atoms with Gasteiger partial charge in [0.05, 0.1) is 22.4 Å². The van der Waals surface area contributed by atoms with Gasteiger partial charge in [-0.15, -0.1) is 0 Å². The van der Waals surface area contributed by atoms with Gasteiger partial charge < -0.3 is 14.3 Å². The van der Waals surface area contributed by atoms with Gasteiger partial charge in [-0.25, -0.2) is 0 Å². The molecule has 4 nitrogen and oxygen atoms in total. The van der Waals surface area contributed by atoms with E-state index in [0.717, 1.165) is 16.8 Å². The lowest BCUT2D eigenvalue weighted by Gasteiger charge is -2.12. The van der Waals surface area contributed by atoms with Crippen LogP contribution in [0.2, 0.25) is 10.0 Å². The third kappa shape index (κ3) is 7.98. The number of halogens is 4. The van der Waals surface area contributed by atoms with Crippen molar-refractivity contribution in [3.63, 3.8) is 0 Å². The first-order chi connectivity index (χ1) is 13.9. The first-order valence-electron chi connectivity index (χ1n) is 8.92. The van der Waals surface area contributed by atoms with E-state index in [4.69, 9.17) is 60.7 Å². The molecule has 0 aromatic heterocycles. The summed E-state index contributed by atoms with van der Waals surface area (Å²) in [7, 11) is 0. The van der Waals surface area contributed by atoms with Crippen LogP contribution in [0.1, 0.15) is 25.0 Å². The molecule has 156 valence electrons. The zero-order chi connectivity index (χ0) is 21.2. The Balaban J connectivity index is 1.92. The minimum Gasteiger partial charge on any atom is -0.490 e. The Bertz CT molecular complexity index is 840. The van der Waals surface area contributed by atoms with Gasteiger partial charge in [-0.2, -0.15) is 0 Å². The monoisotopic (exact) mass is 475 g/mol. The Morgan fingerprint density at radius 3 is 2.28 bits per heavy atom. The summed E-state index contributed by atoms with van der Waals surface area (Å²) in [4.78, 5) is 5.08. The third-order valence-electron chi connectivity index (χ3n) is 3.80. The summed E-state index contributed by atoms with van der Waals surface area (Å²) in [6.07, 6.45) is 2.22. The second kappa shape index (κ2) is 12.2. The van der Waals surface area contributed by atoms with E-state index in [1.165, 1.54) is 6.08 Å². The van der Waals surface area contributed by atoms with Crippen molar-refractivity contribution in [1.29, 1.82) is 0 Å². The van der Waals surface area contributed by atoms with Crippen molar-refractivity contribution in [2.24, 2.45) is 5.16 Å². The lowest BCUT2D eigenvalue weighted by atomic mass is 10.1. The number of rotatable bonds is 10. The molecule has 2 rings (SSSR count). The second-order valence-electron chi connectivity index (χ2n) is 5.91. The molecule has 0 saturated heterocycles. The van der Waals surface area contributed by atoms with Crippen LogP contribution in [0, 0.1) is 0 Å². The van der Waals surface area contributed by atoms with Gasteiger partial charge >= 0.3 is 0 Å². The van der Waals surface area contributed by atoms with Crippen LogP contribution in [0.25, 0.3) is 0 Å². The van der Waals surface area contributed by atoms with Crippen molar-refractivity contribution >= 4 is 52.1 Å². The van der Waals surface area contributed by atoms with Crippen molar-refractivity contribution in [3.05, 3.63) is 68.1 Å². The van der Waals surface area contributed by atoms with Crippen molar-refractivity contribution < 1.29 is 14.3 Å². The van der Waals surface area contributed by atoms with Crippen LogP contribution >= 0.6 is 46.4 Å². The summed E-state index contributed by atoms with van der Waals surface area (Å²) < 4.78 is 11.4. The fourth-order valence-electron chi connectivity index (χ4n) is 2.36. The number of ether oxygens (including phenoxy) is 2. The van der Waals surface area contributed by atoms with E-state index in [2.05, 4.69) is 5.16 Å². The maximum Gasteiger partial charge on any atom is 0.156 e. The fraction of sp³-hybridized carbons (Fsp3) is 0.286. The highest BCUT2D eigenvalue weighted by atomic mass is 35.5. The number of hydrogen-bond donors (Lipinski definition) is 0. The summed E-state index contributed by atoms with van der Waals surface area (Å²) in [5.41, 5.74) is 2.96. The zero-order valence-corrected chi connectivity index (χ0v) is 19.1. The molecular weight excluding hydrogens is 456 g/mol. The fourth-order valence-corrected chi connectivity index (χ4v) is 3.06. The normalized spacial score (nSPS) is 11.2. The number of nitrogens with zero attached hydrogens (tertiary/aromatic N) is 1. The zero-order valence-electron chi connectivity index (χ0n) is 16.1. The Kier molecular flexibility index (Phi) is 9.95. The lowest BCUT2D eigenvalue weighted by molar-refractivity contribution is 0.159. The van der Waals surface area contributed by atoms with Crippen molar-refractivity contribution in [1.82, 2.24) is 0 Å². The average molecular weight is 477 g/mol. The van der Waals surface area contributed by atoms with Crippen LogP contribution < -0.4 is 9.47 Å². The highest BCUT2D eigenvalue weighted by Crippen LogP contribution is 2.37. The Morgan fingerprint density at radius 2 is 1.69 bits per heavy atom. The molecule has 0 radical (unpaired) electrons. The van der Waals surface area contributed by atoms with E-state index in [1.807, 2.05) is 38.1 Å². The summed E-state index contributed by atoms with van der Waals surface area (Å²) in [6.45, 7) is 4.99. The molecule has 2 aromatic rings. The molecular formula is C21H21Cl4NO3. The van der Waals surface area contributed by atoms with Crippen LogP contribution in [0.4, 0.5) is 0 Å². The number of hydrogen-bond acceptors (Lipinski definition) is 4. The summed E-state index contributed by atoms with van der Waals surface area (Å²) in [5, 5.41) is 4.77. The quantitative estimate of drug-likeness (QED) is 0.272. The molecule has 0 amide bonds. The van der Waals surface area contributed by atoms with E-state index in [0.29, 0.717) is 41.2 Å². The molecule has 29 heavy (non-hydrogen) atoms. The maximum absolute atomic E-state index is 6.27. The third-order valence-corrected chi connectivity index (χ3v) is 4.67. The summed E-state index contributed by atoms with van der Waals surface area (Å²) in [5.74, 6) is 0.917. The van der Waals surface area contributed by atoms with E-state index < -0.39 is 0 Å². The number of oxime groups is 1. The molecule has 0 aliphatic heterocycles. The molecule has 0 spiro atoms. The molecule has 2 aromatic carbocycles. The lowest BCUT2D eigenvalue weighted by Crippen LogP contribution is -2.03. The maximum atomic E-state index is 6.27. The predicted octanol–water partition coefficient (Wildman–Crippen LogP) is 7.07. The van der Waals surface area contributed by atoms with Gasteiger partial charge in [0.2, 0.25) is 0 Å². The summed E-state index contributed by atoms with van der Waals surface area (Å²) >= 11 is 23.6. The van der Waals surface area contributed by atoms with Gasteiger partial charge in [0.25, 0.3) is 0 Å². The molecule has 0 bridgehead atoms. The van der Waals surface area contributed by atoms with E-state index in [1.54, 1.807) is 12.1 Å². The first kappa shape index (κ1) is 23.7. The van der Waals surface area contributed by atoms with Crippen LogP contribution in [0.3, 0.4) is 0 Å². The molecule has 0 N–H and O–H groups in total. The van der Waals surface area contributed by atoms with Crippen molar-refractivity contribution in [2.45, 2.75) is 20.3 Å². The minimum absolute atomic E-state index is 0.131. The molecule has 0 aliphatic carbocycles. The standard InChI is InChI=1S/C21H21Cl4NO3/c1-3-29-26-14(2)16-6-4-15(5-7-16)8-10-28-21-18(22)12-17(13-19(21)23)27-11-9-20(24)25/h4-7,9,12-13H,3,8,10-11H2,1-2H3. The molecule has 0 unspecified atom stereocenters. The molecule has 0 saturated carbocycles. The smallest absolute Gasteiger partial charge is 0.156 e. The highest BCUT2D eigenvalue weighted by molar-refractivity contribution is 6.55.